The van der Waals surface area contributed by atoms with Crippen molar-refractivity contribution in [3.05, 3.63) is 59.9 Å². The fraction of sp³-hybridized carbons (Fsp3) is 0.417. The Morgan fingerprint density at radius 3 is 2.19 bits per heavy atom. The third-order valence-corrected chi connectivity index (χ3v) is 5.25. The van der Waals surface area contributed by atoms with Crippen LogP contribution in [0.4, 0.5) is 4.39 Å². The van der Waals surface area contributed by atoms with Gasteiger partial charge in [-0.3, -0.25) is 9.59 Å². The predicted octanol–water partition coefficient (Wildman–Crippen LogP) is 3.42. The number of nitrogens with one attached hydrogen (secondary N) is 1. The number of primary amides is 1. The number of nitrogens with two attached hydrogens (primary N) is 1. The zero-order chi connectivity index (χ0) is 22.9. The monoisotopic (exact) mass is 444 g/mol. The quantitative estimate of drug-likeness (QED) is 0.753. The van der Waals surface area contributed by atoms with Crippen LogP contribution in [0.3, 0.4) is 0 Å². The molecule has 172 valence electrons. The van der Waals surface area contributed by atoms with Gasteiger partial charge in [0.25, 0.3) is 5.91 Å². The van der Waals surface area contributed by atoms with Gasteiger partial charge in [-0.05, 0) is 49.9 Å². The fourth-order valence-electron chi connectivity index (χ4n) is 3.33. The van der Waals surface area contributed by atoms with E-state index in [1.165, 1.54) is 12.1 Å². The Balaban J connectivity index is 0.000000167. The highest BCUT2D eigenvalue weighted by molar-refractivity contribution is 5.96. The second-order valence-electron chi connectivity index (χ2n) is 7.71. The van der Waals surface area contributed by atoms with E-state index >= 15 is 0 Å². The molecular weight excluding hydrogens is 415 g/mol. The minimum absolute atomic E-state index is 0.130. The lowest BCUT2D eigenvalue weighted by atomic mass is 10.2. The Bertz CT molecular complexity index is 899. The van der Waals surface area contributed by atoms with Gasteiger partial charge in [0, 0.05) is 32.2 Å². The largest absolute Gasteiger partial charge is 0.456 e. The minimum atomic E-state index is -0.384. The third-order valence-electron chi connectivity index (χ3n) is 5.25. The summed E-state index contributed by atoms with van der Waals surface area (Å²) in [6.07, 6.45) is 5.19. The molecule has 7 nitrogen and oxygen atoms in total. The molecule has 3 fully saturated rings. The molecule has 2 amide bonds. The van der Waals surface area contributed by atoms with Crippen LogP contribution in [0.1, 0.15) is 36.0 Å². The summed E-state index contributed by atoms with van der Waals surface area (Å²) in [6.45, 7) is 1.82. The summed E-state index contributed by atoms with van der Waals surface area (Å²) in [5.41, 5.74) is 5.27. The van der Waals surface area contributed by atoms with Crippen molar-refractivity contribution < 1.29 is 28.2 Å². The lowest BCUT2D eigenvalue weighted by molar-refractivity contribution is -0.119. The maximum Gasteiger partial charge on any atom is 0.254 e. The molecule has 0 bridgehead atoms. The van der Waals surface area contributed by atoms with Gasteiger partial charge in [0.05, 0.1) is 17.8 Å². The molecule has 3 N–H and O–H groups in total. The summed E-state index contributed by atoms with van der Waals surface area (Å²) >= 11 is 0. The second kappa shape index (κ2) is 11.6. The first-order valence-electron chi connectivity index (χ1n) is 10.7. The number of hydrogen-bond donors (Lipinski definition) is 2. The van der Waals surface area contributed by atoms with Crippen molar-refractivity contribution in [2.75, 3.05) is 20.3 Å². The van der Waals surface area contributed by atoms with Gasteiger partial charge in [0.2, 0.25) is 5.91 Å². The van der Waals surface area contributed by atoms with Gasteiger partial charge in [0.15, 0.2) is 0 Å². The number of para-hydroxylation sites is 1. The van der Waals surface area contributed by atoms with E-state index in [2.05, 4.69) is 5.32 Å². The Morgan fingerprint density at radius 1 is 1.00 bits per heavy atom. The van der Waals surface area contributed by atoms with Gasteiger partial charge in [-0.2, -0.15) is 0 Å². The third kappa shape index (κ3) is 7.03. The Kier molecular flexibility index (Phi) is 8.58. The maximum absolute atomic E-state index is 13.0. The number of ether oxygens (including phenoxy) is 3. The molecule has 8 heteroatoms. The van der Waals surface area contributed by atoms with Gasteiger partial charge in [-0.25, -0.2) is 4.39 Å². The van der Waals surface area contributed by atoms with Crippen molar-refractivity contribution >= 4 is 11.8 Å². The van der Waals surface area contributed by atoms with Gasteiger partial charge in [-0.15, -0.1) is 0 Å². The van der Waals surface area contributed by atoms with Crippen LogP contribution in [-0.4, -0.2) is 44.3 Å². The minimum Gasteiger partial charge on any atom is -0.456 e. The SMILES string of the molecule is C1CC2OCCC2O1.CNC(=O)c1ccccc1Oc1cccc(F)c1.NC(=O)C1CC1. The summed E-state index contributed by atoms with van der Waals surface area (Å²) in [6, 6.07) is 12.6. The molecule has 0 spiro atoms. The molecule has 2 aromatic carbocycles. The van der Waals surface area contributed by atoms with Crippen molar-refractivity contribution in [3.63, 3.8) is 0 Å². The molecule has 2 aliphatic heterocycles. The number of rotatable bonds is 4. The van der Waals surface area contributed by atoms with Crippen LogP contribution in [0.25, 0.3) is 0 Å². The summed E-state index contributed by atoms with van der Waals surface area (Å²) in [4.78, 5) is 21.6. The van der Waals surface area contributed by atoms with E-state index < -0.39 is 0 Å². The predicted molar refractivity (Wildman–Crippen MR) is 117 cm³/mol. The zero-order valence-electron chi connectivity index (χ0n) is 18.1. The van der Waals surface area contributed by atoms with Crippen molar-refractivity contribution in [3.8, 4) is 11.5 Å². The molecule has 0 aromatic heterocycles. The molecule has 32 heavy (non-hydrogen) atoms. The molecular formula is C24H29FN2O5. The number of carbonyl (C=O) groups is 2. The smallest absolute Gasteiger partial charge is 0.254 e. The zero-order valence-corrected chi connectivity index (χ0v) is 18.1. The van der Waals surface area contributed by atoms with Crippen molar-refractivity contribution in [1.82, 2.24) is 5.32 Å². The first kappa shape index (κ1) is 23.7. The normalized spacial score (nSPS) is 20.7. The van der Waals surface area contributed by atoms with Crippen LogP contribution in [-0.2, 0) is 14.3 Å². The van der Waals surface area contributed by atoms with Gasteiger partial charge >= 0.3 is 0 Å². The number of amides is 2. The Labute approximate surface area is 187 Å². The van der Waals surface area contributed by atoms with Crippen molar-refractivity contribution in [2.45, 2.75) is 37.9 Å². The van der Waals surface area contributed by atoms with Crippen molar-refractivity contribution in [2.24, 2.45) is 11.7 Å². The van der Waals surface area contributed by atoms with E-state index in [1.807, 2.05) is 0 Å². The van der Waals surface area contributed by atoms with Crippen LogP contribution < -0.4 is 15.8 Å². The Morgan fingerprint density at radius 2 is 1.66 bits per heavy atom. The topological polar surface area (TPSA) is 99.9 Å². The average molecular weight is 445 g/mol. The number of hydrogen-bond acceptors (Lipinski definition) is 5. The fourth-order valence-corrected chi connectivity index (χ4v) is 3.33. The maximum atomic E-state index is 13.0. The van der Waals surface area contributed by atoms with Crippen LogP contribution in [0.15, 0.2) is 48.5 Å². The standard InChI is InChI=1S/C14H12FNO2.C6H10O2.C4H7NO/c1-16-14(17)12-7-2-3-8-13(12)18-11-6-4-5-10(15)9-11;1-3-7-6-2-4-8-5(1)6;5-4(6)3-1-2-3/h2-9H,1H3,(H,16,17);5-6H,1-4H2;3H,1-2H2,(H2,5,6). The van der Waals surface area contributed by atoms with E-state index in [1.54, 1.807) is 43.4 Å². The number of fused-ring (bicyclic) bond motifs is 1. The molecule has 1 saturated carbocycles. The van der Waals surface area contributed by atoms with Gasteiger partial charge < -0.3 is 25.3 Å². The Hall–Kier alpha value is -2.97. The average Bonchev–Trinajstić information content (AvgIpc) is 3.40. The molecule has 3 aliphatic rings. The van der Waals surface area contributed by atoms with Crippen LogP contribution in [0.2, 0.25) is 0 Å². The van der Waals surface area contributed by atoms with E-state index in [0.29, 0.717) is 29.3 Å². The first-order chi connectivity index (χ1) is 15.5. The van der Waals surface area contributed by atoms with Gasteiger partial charge in [0.1, 0.15) is 17.3 Å². The first-order valence-corrected chi connectivity index (χ1v) is 10.7. The van der Waals surface area contributed by atoms with Crippen LogP contribution in [0, 0.1) is 11.7 Å². The lowest BCUT2D eigenvalue weighted by Gasteiger charge is -2.09. The van der Waals surface area contributed by atoms with E-state index in [0.717, 1.165) is 38.9 Å². The summed E-state index contributed by atoms with van der Waals surface area (Å²) < 4.78 is 29.3. The highest BCUT2D eigenvalue weighted by atomic mass is 19.1. The second-order valence-corrected chi connectivity index (χ2v) is 7.71. The number of carbonyl (C=O) groups excluding carboxylic acids is 2. The highest BCUT2D eigenvalue weighted by Gasteiger charge is 2.33. The molecule has 1 aliphatic carbocycles. The highest BCUT2D eigenvalue weighted by Crippen LogP contribution is 2.28. The molecule has 2 unspecified atom stereocenters. The lowest BCUT2D eigenvalue weighted by Crippen LogP contribution is -2.18. The summed E-state index contributed by atoms with van der Waals surface area (Å²) in [7, 11) is 1.54. The molecule has 2 aromatic rings. The molecule has 2 saturated heterocycles. The van der Waals surface area contributed by atoms with Gasteiger partial charge in [-0.1, -0.05) is 18.2 Å². The van der Waals surface area contributed by atoms with E-state index in [-0.39, 0.29) is 23.5 Å². The molecule has 0 radical (unpaired) electrons. The number of benzene rings is 2. The molecule has 2 atom stereocenters. The molecule has 5 rings (SSSR count). The summed E-state index contributed by atoms with van der Waals surface area (Å²) in [5.74, 6) is 0.223. The van der Waals surface area contributed by atoms with Crippen LogP contribution in [0.5, 0.6) is 11.5 Å². The van der Waals surface area contributed by atoms with E-state index in [4.69, 9.17) is 19.9 Å². The summed E-state index contributed by atoms with van der Waals surface area (Å²) in [5, 5.41) is 2.53. The number of halogens is 1. The molecule has 2 heterocycles. The van der Waals surface area contributed by atoms with Crippen molar-refractivity contribution in [1.29, 1.82) is 0 Å². The van der Waals surface area contributed by atoms with Crippen LogP contribution >= 0.6 is 0 Å². The van der Waals surface area contributed by atoms with E-state index in [9.17, 15) is 14.0 Å².